The Bertz CT molecular complexity index is 687. The van der Waals surface area contributed by atoms with Crippen molar-refractivity contribution >= 4 is 17.3 Å². The van der Waals surface area contributed by atoms with Crippen LogP contribution in [0, 0.1) is 0 Å². The number of β-amino-alcohol motifs (C(OH)–C–C–N with tert-alkyl or cyclic N) is 1. The van der Waals surface area contributed by atoms with Gasteiger partial charge in [0.1, 0.15) is 5.02 Å². The van der Waals surface area contributed by atoms with Gasteiger partial charge in [-0.25, -0.2) is 4.68 Å². The third-order valence-corrected chi connectivity index (χ3v) is 4.00. The number of aliphatic hydroxyl groups excluding tert-OH is 1. The van der Waals surface area contributed by atoms with Gasteiger partial charge in [0.05, 0.1) is 24.5 Å². The Morgan fingerprint density at radius 2 is 2.10 bits per heavy atom. The average Bonchev–Trinajstić information content (AvgIpc) is 2.92. The zero-order valence-corrected chi connectivity index (χ0v) is 12.2. The Labute approximate surface area is 127 Å². The molecule has 3 rings (SSSR count). The molecule has 1 aliphatic rings. The summed E-state index contributed by atoms with van der Waals surface area (Å²) in [6, 6.07) is 9.64. The fraction of sp³-hybridized carbons (Fsp3) is 0.333. The van der Waals surface area contributed by atoms with Crippen molar-refractivity contribution in [1.29, 1.82) is 0 Å². The third kappa shape index (κ3) is 2.94. The molecule has 1 saturated heterocycles. The predicted molar refractivity (Wildman–Crippen MR) is 81.9 cm³/mol. The number of anilines is 1. The molecule has 1 aromatic carbocycles. The molecule has 6 heteroatoms. The van der Waals surface area contributed by atoms with Gasteiger partial charge in [0, 0.05) is 13.1 Å². The van der Waals surface area contributed by atoms with E-state index in [-0.39, 0.29) is 16.7 Å². The molecule has 0 amide bonds. The molecule has 5 nitrogen and oxygen atoms in total. The molecule has 0 bridgehead atoms. The molecule has 2 heterocycles. The van der Waals surface area contributed by atoms with E-state index in [1.807, 2.05) is 35.2 Å². The van der Waals surface area contributed by atoms with E-state index in [0.29, 0.717) is 31.7 Å². The van der Waals surface area contributed by atoms with Gasteiger partial charge >= 0.3 is 0 Å². The van der Waals surface area contributed by atoms with Crippen LogP contribution in [0.4, 0.5) is 5.69 Å². The summed E-state index contributed by atoms with van der Waals surface area (Å²) < 4.78 is 1.35. The third-order valence-electron chi connectivity index (χ3n) is 3.65. The highest BCUT2D eigenvalue weighted by atomic mass is 35.5. The zero-order valence-electron chi connectivity index (χ0n) is 11.4. The van der Waals surface area contributed by atoms with Gasteiger partial charge in [-0.2, -0.15) is 5.10 Å². The normalized spacial score (nSPS) is 18.2. The van der Waals surface area contributed by atoms with Crippen LogP contribution >= 0.6 is 11.6 Å². The van der Waals surface area contributed by atoms with E-state index in [9.17, 15) is 9.90 Å². The van der Waals surface area contributed by atoms with E-state index in [2.05, 4.69) is 5.10 Å². The Morgan fingerprint density at radius 3 is 2.76 bits per heavy atom. The first-order valence-corrected chi connectivity index (χ1v) is 7.25. The summed E-state index contributed by atoms with van der Waals surface area (Å²) >= 11 is 6.20. The number of aliphatic hydroxyl groups is 1. The Morgan fingerprint density at radius 1 is 1.33 bits per heavy atom. The topological polar surface area (TPSA) is 58.4 Å². The number of hydrogen-bond donors (Lipinski definition) is 1. The van der Waals surface area contributed by atoms with E-state index in [0.717, 1.165) is 5.56 Å². The molecule has 0 unspecified atom stereocenters. The van der Waals surface area contributed by atoms with Crippen molar-refractivity contribution in [3.8, 4) is 0 Å². The molecule has 1 N–H and O–H groups in total. The summed E-state index contributed by atoms with van der Waals surface area (Å²) in [5, 5.41) is 13.9. The molecule has 2 aromatic rings. The molecule has 1 fully saturated rings. The molecular weight excluding hydrogens is 290 g/mol. The molecule has 1 aromatic heterocycles. The maximum atomic E-state index is 12.3. The number of hydrogen-bond acceptors (Lipinski definition) is 4. The lowest BCUT2D eigenvalue weighted by atomic mass is 10.2. The average molecular weight is 306 g/mol. The van der Waals surface area contributed by atoms with Gasteiger partial charge in [0.2, 0.25) is 0 Å². The zero-order chi connectivity index (χ0) is 14.8. The summed E-state index contributed by atoms with van der Waals surface area (Å²) in [4.78, 5) is 14.2. The van der Waals surface area contributed by atoms with Crippen LogP contribution in [-0.4, -0.2) is 34.1 Å². The Hall–Kier alpha value is -1.85. The first kappa shape index (κ1) is 14.1. The van der Waals surface area contributed by atoms with E-state index in [1.54, 1.807) is 6.20 Å². The second-order valence-corrected chi connectivity index (χ2v) is 5.56. The van der Waals surface area contributed by atoms with Crippen LogP contribution < -0.4 is 10.5 Å². The number of rotatable bonds is 3. The highest BCUT2D eigenvalue weighted by molar-refractivity contribution is 6.33. The quantitative estimate of drug-likeness (QED) is 0.934. The minimum Gasteiger partial charge on any atom is -0.391 e. The number of aromatic nitrogens is 2. The lowest BCUT2D eigenvalue weighted by molar-refractivity contribution is 0.198. The van der Waals surface area contributed by atoms with Crippen LogP contribution in [0.1, 0.15) is 12.0 Å². The second kappa shape index (κ2) is 5.87. The van der Waals surface area contributed by atoms with Gasteiger partial charge in [-0.15, -0.1) is 0 Å². The lowest BCUT2D eigenvalue weighted by Gasteiger charge is -2.19. The molecule has 1 aliphatic heterocycles. The van der Waals surface area contributed by atoms with Crippen molar-refractivity contribution < 1.29 is 5.11 Å². The van der Waals surface area contributed by atoms with Crippen LogP contribution in [0.3, 0.4) is 0 Å². The van der Waals surface area contributed by atoms with Gasteiger partial charge in [0.15, 0.2) is 0 Å². The molecule has 0 saturated carbocycles. The largest absolute Gasteiger partial charge is 0.391 e. The summed E-state index contributed by atoms with van der Waals surface area (Å²) in [6.45, 7) is 1.57. The monoisotopic (exact) mass is 305 g/mol. The number of halogens is 1. The van der Waals surface area contributed by atoms with Crippen molar-refractivity contribution in [2.24, 2.45) is 0 Å². The Balaban J connectivity index is 1.88. The minimum absolute atomic E-state index is 0.162. The lowest BCUT2D eigenvalue weighted by Crippen LogP contribution is -2.29. The molecule has 0 radical (unpaired) electrons. The molecule has 110 valence electrons. The van der Waals surface area contributed by atoms with Gasteiger partial charge in [-0.05, 0) is 12.0 Å². The number of nitrogens with zero attached hydrogens (tertiary/aromatic N) is 3. The molecule has 0 spiro atoms. The van der Waals surface area contributed by atoms with Crippen LogP contribution in [-0.2, 0) is 6.54 Å². The van der Waals surface area contributed by atoms with E-state index in [4.69, 9.17) is 11.6 Å². The fourth-order valence-electron chi connectivity index (χ4n) is 2.51. The van der Waals surface area contributed by atoms with E-state index >= 15 is 0 Å². The minimum atomic E-state index is -0.368. The second-order valence-electron chi connectivity index (χ2n) is 5.18. The van der Waals surface area contributed by atoms with Crippen molar-refractivity contribution in [2.75, 3.05) is 18.0 Å². The summed E-state index contributed by atoms with van der Waals surface area (Å²) in [5.41, 5.74) is 1.29. The van der Waals surface area contributed by atoms with Crippen molar-refractivity contribution in [3.05, 3.63) is 57.5 Å². The van der Waals surface area contributed by atoms with Gasteiger partial charge in [0.25, 0.3) is 5.56 Å². The Kier molecular flexibility index (Phi) is 3.94. The van der Waals surface area contributed by atoms with E-state index in [1.165, 1.54) is 4.68 Å². The molecular formula is C15H16ClN3O2. The van der Waals surface area contributed by atoms with Crippen molar-refractivity contribution in [3.63, 3.8) is 0 Å². The summed E-state index contributed by atoms with van der Waals surface area (Å²) in [6.07, 6.45) is 1.92. The van der Waals surface area contributed by atoms with Crippen LogP contribution in [0.15, 0.2) is 41.3 Å². The smallest absolute Gasteiger partial charge is 0.287 e. The maximum Gasteiger partial charge on any atom is 0.287 e. The van der Waals surface area contributed by atoms with Gasteiger partial charge < -0.3 is 10.0 Å². The first-order valence-electron chi connectivity index (χ1n) is 6.87. The standard InChI is InChI=1S/C15H16ClN3O2/c16-14-13(18-7-6-12(20)10-18)8-17-19(15(14)21)9-11-4-2-1-3-5-11/h1-5,8,12,20H,6-7,9-10H2/t12-/m0/s1. The predicted octanol–water partition coefficient (Wildman–Crippen LogP) is 1.52. The summed E-state index contributed by atoms with van der Waals surface area (Å²) in [5.74, 6) is 0. The molecule has 21 heavy (non-hydrogen) atoms. The van der Waals surface area contributed by atoms with Crippen LogP contribution in [0.25, 0.3) is 0 Å². The maximum absolute atomic E-state index is 12.3. The highest BCUT2D eigenvalue weighted by Gasteiger charge is 2.24. The van der Waals surface area contributed by atoms with Crippen molar-refractivity contribution in [2.45, 2.75) is 19.1 Å². The fourth-order valence-corrected chi connectivity index (χ4v) is 2.77. The molecule has 1 atom stereocenters. The first-order chi connectivity index (χ1) is 10.1. The number of benzene rings is 1. The van der Waals surface area contributed by atoms with Crippen LogP contribution in [0.2, 0.25) is 5.02 Å². The highest BCUT2D eigenvalue weighted by Crippen LogP contribution is 2.25. The SMILES string of the molecule is O=c1c(Cl)c(N2CC[C@H](O)C2)cnn1Cc1ccccc1. The van der Waals surface area contributed by atoms with Crippen molar-refractivity contribution in [1.82, 2.24) is 9.78 Å². The van der Waals surface area contributed by atoms with E-state index < -0.39 is 0 Å². The van der Waals surface area contributed by atoms with Gasteiger partial charge in [-0.1, -0.05) is 41.9 Å². The molecule has 0 aliphatic carbocycles. The summed E-state index contributed by atoms with van der Waals surface area (Å²) in [7, 11) is 0. The van der Waals surface area contributed by atoms with Crippen LogP contribution in [0.5, 0.6) is 0 Å². The van der Waals surface area contributed by atoms with Gasteiger partial charge in [-0.3, -0.25) is 4.79 Å².